The van der Waals surface area contributed by atoms with Crippen molar-refractivity contribution in [2.24, 2.45) is 0 Å². The molecule has 90 valence electrons. The molecule has 0 saturated heterocycles. The molecule has 0 aliphatic carbocycles. The van der Waals surface area contributed by atoms with Crippen LogP contribution < -0.4 is 10.5 Å². The number of hydrogen-bond donors (Lipinski definition) is 1. The molecule has 0 spiro atoms. The second-order valence-corrected chi connectivity index (χ2v) is 5.02. The van der Waals surface area contributed by atoms with Gasteiger partial charge in [-0.15, -0.1) is 0 Å². The molecule has 3 nitrogen and oxygen atoms in total. The van der Waals surface area contributed by atoms with Crippen molar-refractivity contribution < 1.29 is 4.74 Å². The van der Waals surface area contributed by atoms with E-state index in [4.69, 9.17) is 10.5 Å². The first-order chi connectivity index (χ1) is 7.33. The first-order valence-electron chi connectivity index (χ1n) is 5.49. The van der Waals surface area contributed by atoms with E-state index in [-0.39, 0.29) is 5.54 Å². The Kier molecular flexibility index (Phi) is 3.81. The van der Waals surface area contributed by atoms with Crippen LogP contribution in [0, 0.1) is 6.92 Å². The van der Waals surface area contributed by atoms with Gasteiger partial charge in [0.25, 0.3) is 0 Å². The minimum atomic E-state index is 0.0217. The van der Waals surface area contributed by atoms with Crippen LogP contribution in [-0.4, -0.2) is 31.1 Å². The maximum Gasteiger partial charge on any atom is 0.122 e. The summed E-state index contributed by atoms with van der Waals surface area (Å²) in [5.41, 5.74) is 7.57. The first-order valence-corrected chi connectivity index (χ1v) is 5.49. The molecule has 1 aromatic rings. The quantitative estimate of drug-likeness (QED) is 0.794. The van der Waals surface area contributed by atoms with Gasteiger partial charge in [0, 0.05) is 11.2 Å². The van der Waals surface area contributed by atoms with Gasteiger partial charge in [-0.25, -0.2) is 0 Å². The van der Waals surface area contributed by atoms with E-state index >= 15 is 0 Å². The van der Waals surface area contributed by atoms with Crippen LogP contribution in [0.2, 0.25) is 0 Å². The molecule has 0 bridgehead atoms. The monoisotopic (exact) mass is 222 g/mol. The van der Waals surface area contributed by atoms with Gasteiger partial charge in [0.05, 0.1) is 0 Å². The molecule has 16 heavy (non-hydrogen) atoms. The summed E-state index contributed by atoms with van der Waals surface area (Å²) in [5.74, 6) is 0.907. The third-order valence-electron chi connectivity index (χ3n) is 2.99. The number of ether oxygens (including phenoxy) is 1. The molecule has 0 saturated carbocycles. The maximum atomic E-state index is 5.82. The van der Waals surface area contributed by atoms with Crippen molar-refractivity contribution in [1.82, 2.24) is 4.90 Å². The fraction of sp³-hybridized carbons (Fsp3) is 0.538. The molecule has 1 aromatic carbocycles. The van der Waals surface area contributed by atoms with E-state index in [9.17, 15) is 0 Å². The Morgan fingerprint density at radius 2 is 1.94 bits per heavy atom. The Labute approximate surface area is 98.2 Å². The zero-order chi connectivity index (χ0) is 12.3. The number of anilines is 1. The molecule has 0 atom stereocenters. The molecule has 0 heterocycles. The number of likely N-dealkylation sites (N-methyl/N-ethyl adjacent to an activating group) is 1. The van der Waals surface area contributed by atoms with Gasteiger partial charge >= 0.3 is 0 Å². The summed E-state index contributed by atoms with van der Waals surface area (Å²) in [7, 11) is 4.11. The van der Waals surface area contributed by atoms with Crippen molar-refractivity contribution >= 4 is 5.69 Å². The highest BCUT2D eigenvalue weighted by molar-refractivity contribution is 5.47. The highest BCUT2D eigenvalue weighted by atomic mass is 16.5. The van der Waals surface area contributed by atoms with Gasteiger partial charge in [0.1, 0.15) is 12.4 Å². The topological polar surface area (TPSA) is 38.5 Å². The molecule has 1 rings (SSSR count). The largest absolute Gasteiger partial charge is 0.491 e. The van der Waals surface area contributed by atoms with Gasteiger partial charge in [-0.2, -0.15) is 0 Å². The van der Waals surface area contributed by atoms with Gasteiger partial charge in [0.15, 0.2) is 0 Å². The summed E-state index contributed by atoms with van der Waals surface area (Å²) in [4.78, 5) is 2.15. The Balaban J connectivity index is 2.68. The molecular weight excluding hydrogens is 200 g/mol. The lowest BCUT2D eigenvalue weighted by atomic mass is 10.1. The van der Waals surface area contributed by atoms with E-state index < -0.39 is 0 Å². The van der Waals surface area contributed by atoms with Crippen molar-refractivity contribution in [3.8, 4) is 5.75 Å². The van der Waals surface area contributed by atoms with E-state index in [1.165, 1.54) is 0 Å². The standard InChI is InChI=1S/C13H22N2O/c1-10-8-11(14)6-7-12(10)16-9-13(2,3)15(4)5/h6-8H,9,14H2,1-5H3. The predicted molar refractivity (Wildman–Crippen MR) is 68.9 cm³/mol. The zero-order valence-electron chi connectivity index (χ0n) is 10.9. The van der Waals surface area contributed by atoms with Crippen molar-refractivity contribution in [1.29, 1.82) is 0 Å². The lowest BCUT2D eigenvalue weighted by molar-refractivity contribution is 0.113. The van der Waals surface area contributed by atoms with Gasteiger partial charge in [-0.3, -0.25) is 0 Å². The van der Waals surface area contributed by atoms with Crippen LogP contribution in [0.15, 0.2) is 18.2 Å². The fourth-order valence-electron chi connectivity index (χ4n) is 1.22. The number of benzene rings is 1. The number of aryl methyl sites for hydroxylation is 1. The minimum absolute atomic E-state index is 0.0217. The molecule has 0 unspecified atom stereocenters. The van der Waals surface area contributed by atoms with Gasteiger partial charge < -0.3 is 15.4 Å². The van der Waals surface area contributed by atoms with Crippen molar-refractivity contribution in [3.05, 3.63) is 23.8 Å². The molecule has 0 fully saturated rings. The summed E-state index contributed by atoms with van der Waals surface area (Å²) in [5, 5.41) is 0. The smallest absolute Gasteiger partial charge is 0.122 e. The number of nitrogen functional groups attached to an aromatic ring is 1. The summed E-state index contributed by atoms with van der Waals surface area (Å²) in [6.07, 6.45) is 0. The van der Waals surface area contributed by atoms with E-state index in [0.29, 0.717) is 6.61 Å². The Morgan fingerprint density at radius 1 is 1.31 bits per heavy atom. The van der Waals surface area contributed by atoms with Crippen LogP contribution in [0.5, 0.6) is 5.75 Å². The number of nitrogens with zero attached hydrogens (tertiary/aromatic N) is 1. The normalized spacial score (nSPS) is 11.9. The molecule has 0 aliphatic heterocycles. The third kappa shape index (κ3) is 3.14. The zero-order valence-corrected chi connectivity index (χ0v) is 10.9. The van der Waals surface area contributed by atoms with E-state index in [1.807, 2.05) is 25.1 Å². The molecule has 0 aromatic heterocycles. The highest BCUT2D eigenvalue weighted by Gasteiger charge is 2.21. The molecule has 3 heteroatoms. The van der Waals surface area contributed by atoms with Crippen molar-refractivity contribution in [2.45, 2.75) is 26.3 Å². The summed E-state index contributed by atoms with van der Waals surface area (Å²) >= 11 is 0. The lowest BCUT2D eigenvalue weighted by Gasteiger charge is -2.32. The number of nitrogens with two attached hydrogens (primary N) is 1. The van der Waals surface area contributed by atoms with E-state index in [1.54, 1.807) is 0 Å². The molecular formula is C13H22N2O. The van der Waals surface area contributed by atoms with Crippen LogP contribution in [0.1, 0.15) is 19.4 Å². The van der Waals surface area contributed by atoms with Crippen LogP contribution in [0.4, 0.5) is 5.69 Å². The van der Waals surface area contributed by atoms with Gasteiger partial charge in [-0.1, -0.05) is 0 Å². The molecule has 0 aliphatic rings. The van der Waals surface area contributed by atoms with Crippen LogP contribution >= 0.6 is 0 Å². The molecule has 0 amide bonds. The van der Waals surface area contributed by atoms with Crippen LogP contribution in [0.3, 0.4) is 0 Å². The fourth-order valence-corrected chi connectivity index (χ4v) is 1.22. The lowest BCUT2D eigenvalue weighted by Crippen LogP contribution is -2.43. The second-order valence-electron chi connectivity index (χ2n) is 5.02. The average Bonchev–Trinajstić information content (AvgIpc) is 2.16. The van der Waals surface area contributed by atoms with Crippen LogP contribution in [0.25, 0.3) is 0 Å². The SMILES string of the molecule is Cc1cc(N)ccc1OCC(C)(C)N(C)C. The van der Waals surface area contributed by atoms with Crippen molar-refractivity contribution in [3.63, 3.8) is 0 Å². The minimum Gasteiger partial charge on any atom is -0.491 e. The Bertz CT molecular complexity index is 359. The molecule has 2 N–H and O–H groups in total. The first kappa shape index (κ1) is 12.8. The van der Waals surface area contributed by atoms with Crippen molar-refractivity contribution in [2.75, 3.05) is 26.4 Å². The van der Waals surface area contributed by atoms with Gasteiger partial charge in [-0.05, 0) is 58.6 Å². The Hall–Kier alpha value is -1.22. The van der Waals surface area contributed by atoms with E-state index in [0.717, 1.165) is 17.0 Å². The second kappa shape index (κ2) is 4.74. The molecule has 0 radical (unpaired) electrons. The summed E-state index contributed by atoms with van der Waals surface area (Å²) < 4.78 is 5.82. The summed E-state index contributed by atoms with van der Waals surface area (Å²) in [6, 6.07) is 5.72. The van der Waals surface area contributed by atoms with E-state index in [2.05, 4.69) is 32.8 Å². The predicted octanol–water partition coefficient (Wildman–Crippen LogP) is 2.30. The summed E-state index contributed by atoms with van der Waals surface area (Å²) in [6.45, 7) is 6.97. The van der Waals surface area contributed by atoms with Crippen LogP contribution in [-0.2, 0) is 0 Å². The van der Waals surface area contributed by atoms with Gasteiger partial charge in [0.2, 0.25) is 0 Å². The number of rotatable bonds is 4. The highest BCUT2D eigenvalue weighted by Crippen LogP contribution is 2.22. The Morgan fingerprint density at radius 3 is 2.44 bits per heavy atom. The number of hydrogen-bond acceptors (Lipinski definition) is 3. The maximum absolute atomic E-state index is 5.82. The average molecular weight is 222 g/mol. The third-order valence-corrected chi connectivity index (χ3v) is 2.99.